The van der Waals surface area contributed by atoms with Gasteiger partial charge in [-0.2, -0.15) is 0 Å². The summed E-state index contributed by atoms with van der Waals surface area (Å²) in [5, 5.41) is 0. The van der Waals surface area contributed by atoms with Crippen LogP contribution in [0.3, 0.4) is 0 Å². The number of likely N-dealkylation sites (tertiary alicyclic amines) is 1. The normalized spacial score (nSPS) is 21.8. The van der Waals surface area contributed by atoms with E-state index in [-0.39, 0.29) is 5.97 Å². The van der Waals surface area contributed by atoms with Gasteiger partial charge in [0.05, 0.1) is 13.2 Å². The van der Waals surface area contributed by atoms with Crippen LogP contribution in [0.4, 0.5) is 0 Å². The molecule has 0 saturated carbocycles. The average Bonchev–Trinajstić information content (AvgIpc) is 2.67. The topological polar surface area (TPSA) is 38.8 Å². The van der Waals surface area contributed by atoms with Crippen LogP contribution in [0.25, 0.3) is 0 Å². The van der Waals surface area contributed by atoms with Crippen molar-refractivity contribution in [2.45, 2.75) is 13.3 Å². The van der Waals surface area contributed by atoms with Gasteiger partial charge in [-0.15, -0.1) is 0 Å². The van der Waals surface area contributed by atoms with E-state index in [9.17, 15) is 4.79 Å². The van der Waals surface area contributed by atoms with Crippen molar-refractivity contribution in [3.8, 4) is 0 Å². The maximum absolute atomic E-state index is 11.0. The Hall–Kier alpha value is -0.870. The number of nitrogens with zero attached hydrogens (tertiary/aromatic N) is 1. The molecule has 92 valence electrons. The quantitative estimate of drug-likeness (QED) is 0.502. The van der Waals surface area contributed by atoms with E-state index < -0.39 is 0 Å². The molecule has 0 aromatic rings. The number of carbonyl (C=O) groups excluding carboxylic acids is 1. The number of esters is 1. The highest BCUT2D eigenvalue weighted by Crippen LogP contribution is 2.15. The third-order valence-corrected chi connectivity index (χ3v) is 2.68. The van der Waals surface area contributed by atoms with Crippen molar-refractivity contribution in [3.05, 3.63) is 12.2 Å². The molecule has 4 nitrogen and oxygen atoms in total. The lowest BCUT2D eigenvalue weighted by atomic mass is 10.1. The minimum absolute atomic E-state index is 0.255. The highest BCUT2D eigenvalue weighted by molar-refractivity contribution is 5.81. The largest absolute Gasteiger partial charge is 0.463 e. The standard InChI is InChI=1S/C12H21NO3/c1-3-16-12(14)5-4-7-13-8-6-11(9-13)10-15-2/h4-5,11H,3,6-10H2,1-2H3/b5-4+. The first kappa shape index (κ1) is 13.2. The number of methoxy groups -OCH3 is 1. The van der Waals surface area contributed by atoms with Crippen LogP contribution in [-0.2, 0) is 14.3 Å². The number of carbonyl (C=O) groups is 1. The smallest absolute Gasteiger partial charge is 0.330 e. The molecule has 1 aliphatic heterocycles. The SMILES string of the molecule is CCOC(=O)/C=C/CN1CCC(COC)C1. The zero-order valence-corrected chi connectivity index (χ0v) is 10.1. The van der Waals surface area contributed by atoms with E-state index in [0.29, 0.717) is 12.5 Å². The number of hydrogen-bond donors (Lipinski definition) is 0. The van der Waals surface area contributed by atoms with Crippen molar-refractivity contribution in [2.24, 2.45) is 5.92 Å². The lowest BCUT2D eigenvalue weighted by Gasteiger charge is -2.12. The molecule has 0 bridgehead atoms. The average molecular weight is 227 g/mol. The molecular formula is C12H21NO3. The Labute approximate surface area is 97.2 Å². The Bertz CT molecular complexity index is 240. The van der Waals surface area contributed by atoms with Crippen molar-refractivity contribution >= 4 is 5.97 Å². The van der Waals surface area contributed by atoms with Gasteiger partial charge in [-0.3, -0.25) is 4.90 Å². The molecule has 1 rings (SSSR count). The molecule has 0 N–H and O–H groups in total. The second-order valence-electron chi connectivity index (χ2n) is 4.02. The molecule has 16 heavy (non-hydrogen) atoms. The summed E-state index contributed by atoms with van der Waals surface area (Å²) < 4.78 is 9.93. The second kappa shape index (κ2) is 7.41. The van der Waals surface area contributed by atoms with E-state index in [1.807, 2.05) is 13.0 Å². The fraction of sp³-hybridized carbons (Fsp3) is 0.750. The summed E-state index contributed by atoms with van der Waals surface area (Å²) in [6.07, 6.45) is 4.56. The van der Waals surface area contributed by atoms with E-state index in [2.05, 4.69) is 4.90 Å². The maximum atomic E-state index is 11.0. The number of hydrogen-bond acceptors (Lipinski definition) is 4. The molecule has 1 atom stereocenters. The van der Waals surface area contributed by atoms with Gasteiger partial charge in [0.25, 0.3) is 0 Å². The molecule has 1 heterocycles. The molecule has 0 spiro atoms. The molecule has 1 unspecified atom stereocenters. The van der Waals surface area contributed by atoms with Gasteiger partial charge >= 0.3 is 5.97 Å². The lowest BCUT2D eigenvalue weighted by molar-refractivity contribution is -0.137. The van der Waals surface area contributed by atoms with Crippen LogP contribution in [0.2, 0.25) is 0 Å². The van der Waals surface area contributed by atoms with Gasteiger partial charge in [0.15, 0.2) is 0 Å². The summed E-state index contributed by atoms with van der Waals surface area (Å²) >= 11 is 0. The van der Waals surface area contributed by atoms with Crippen molar-refractivity contribution in [1.29, 1.82) is 0 Å². The Morgan fingerprint density at radius 1 is 1.56 bits per heavy atom. The summed E-state index contributed by atoms with van der Waals surface area (Å²) in [7, 11) is 1.74. The van der Waals surface area contributed by atoms with Crippen LogP contribution in [0.1, 0.15) is 13.3 Å². The lowest BCUT2D eigenvalue weighted by Crippen LogP contribution is -2.22. The third-order valence-electron chi connectivity index (χ3n) is 2.68. The molecule has 4 heteroatoms. The van der Waals surface area contributed by atoms with Gasteiger partial charge in [-0.1, -0.05) is 6.08 Å². The monoisotopic (exact) mass is 227 g/mol. The van der Waals surface area contributed by atoms with Gasteiger partial charge in [0.1, 0.15) is 0 Å². The Kier molecular flexibility index (Phi) is 6.11. The highest BCUT2D eigenvalue weighted by Gasteiger charge is 2.20. The molecule has 0 amide bonds. The van der Waals surface area contributed by atoms with E-state index >= 15 is 0 Å². The molecule has 0 aliphatic carbocycles. The molecule has 0 radical (unpaired) electrons. The van der Waals surface area contributed by atoms with Crippen molar-refractivity contribution in [3.63, 3.8) is 0 Å². The Morgan fingerprint density at radius 2 is 2.38 bits per heavy atom. The van der Waals surface area contributed by atoms with Crippen LogP contribution in [-0.4, -0.2) is 50.8 Å². The van der Waals surface area contributed by atoms with Crippen LogP contribution < -0.4 is 0 Å². The molecule has 1 fully saturated rings. The molecule has 0 aromatic heterocycles. The van der Waals surface area contributed by atoms with Gasteiger partial charge in [-0.25, -0.2) is 4.79 Å². The summed E-state index contributed by atoms with van der Waals surface area (Å²) in [6, 6.07) is 0. The van der Waals surface area contributed by atoms with Gasteiger partial charge in [-0.05, 0) is 25.8 Å². The Morgan fingerprint density at radius 3 is 3.06 bits per heavy atom. The minimum Gasteiger partial charge on any atom is -0.463 e. The Balaban J connectivity index is 2.17. The van der Waals surface area contributed by atoms with Crippen molar-refractivity contribution in [1.82, 2.24) is 4.90 Å². The molecule has 1 saturated heterocycles. The fourth-order valence-corrected chi connectivity index (χ4v) is 1.94. The zero-order chi connectivity index (χ0) is 11.8. The first-order valence-corrected chi connectivity index (χ1v) is 5.80. The van der Waals surface area contributed by atoms with Gasteiger partial charge in [0.2, 0.25) is 0 Å². The number of rotatable bonds is 6. The molecule has 1 aliphatic rings. The summed E-state index contributed by atoms with van der Waals surface area (Å²) in [5.41, 5.74) is 0. The van der Waals surface area contributed by atoms with E-state index in [4.69, 9.17) is 9.47 Å². The van der Waals surface area contributed by atoms with Crippen LogP contribution in [0, 0.1) is 5.92 Å². The first-order chi connectivity index (χ1) is 7.76. The summed E-state index contributed by atoms with van der Waals surface area (Å²) in [6.45, 7) is 6.03. The predicted molar refractivity (Wildman–Crippen MR) is 62.2 cm³/mol. The predicted octanol–water partition coefficient (Wildman–Crippen LogP) is 1.07. The highest BCUT2D eigenvalue weighted by atomic mass is 16.5. The van der Waals surface area contributed by atoms with Crippen molar-refractivity contribution in [2.75, 3.05) is 40.0 Å². The second-order valence-corrected chi connectivity index (χ2v) is 4.02. The first-order valence-electron chi connectivity index (χ1n) is 5.80. The van der Waals surface area contributed by atoms with E-state index in [1.54, 1.807) is 7.11 Å². The summed E-state index contributed by atoms with van der Waals surface area (Å²) in [4.78, 5) is 13.4. The minimum atomic E-state index is -0.255. The fourth-order valence-electron chi connectivity index (χ4n) is 1.94. The third kappa shape index (κ3) is 4.77. The maximum Gasteiger partial charge on any atom is 0.330 e. The van der Waals surface area contributed by atoms with Crippen LogP contribution >= 0.6 is 0 Å². The van der Waals surface area contributed by atoms with Crippen LogP contribution in [0.15, 0.2) is 12.2 Å². The molecular weight excluding hydrogens is 206 g/mol. The zero-order valence-electron chi connectivity index (χ0n) is 10.1. The van der Waals surface area contributed by atoms with Gasteiger partial charge in [0, 0.05) is 26.3 Å². The van der Waals surface area contributed by atoms with Gasteiger partial charge < -0.3 is 9.47 Å². The number of ether oxygens (including phenoxy) is 2. The summed E-state index contributed by atoms with van der Waals surface area (Å²) in [5.74, 6) is 0.385. The molecule has 0 aromatic carbocycles. The van der Waals surface area contributed by atoms with Crippen molar-refractivity contribution < 1.29 is 14.3 Å². The van der Waals surface area contributed by atoms with E-state index in [1.165, 1.54) is 12.5 Å². The van der Waals surface area contributed by atoms with E-state index in [0.717, 1.165) is 26.2 Å². The van der Waals surface area contributed by atoms with Crippen LogP contribution in [0.5, 0.6) is 0 Å².